The standard InChI is InChI=1S/C24H15Cl2N3O/c25-20-7-5-15(13-19(20)23-16-4-2-1-3-14(16)9-11-28-23)29-24(30)18-6-8-21-17(22(18)26)10-12-27-21/h1-9,11-13H,10H2,(H,29,30). The average molecular weight is 432 g/mol. The molecule has 0 unspecified atom stereocenters. The van der Waals surface area contributed by atoms with Crippen LogP contribution in [0.15, 0.2) is 71.9 Å². The van der Waals surface area contributed by atoms with Crippen LogP contribution in [0.1, 0.15) is 15.9 Å². The third-order valence-electron chi connectivity index (χ3n) is 5.14. The van der Waals surface area contributed by atoms with E-state index in [0.29, 0.717) is 27.7 Å². The Kier molecular flexibility index (Phi) is 4.74. The van der Waals surface area contributed by atoms with Crippen molar-refractivity contribution in [2.45, 2.75) is 6.42 Å². The number of carbonyl (C=O) groups is 1. The molecule has 5 rings (SSSR count). The number of hydrogen-bond acceptors (Lipinski definition) is 3. The number of aliphatic imine (C=N–C) groups is 1. The first-order valence-electron chi connectivity index (χ1n) is 9.41. The van der Waals surface area contributed by atoms with Crippen LogP contribution >= 0.6 is 23.2 Å². The third-order valence-corrected chi connectivity index (χ3v) is 5.90. The van der Waals surface area contributed by atoms with Crippen LogP contribution in [0.3, 0.4) is 0 Å². The lowest BCUT2D eigenvalue weighted by atomic mass is 10.0. The van der Waals surface area contributed by atoms with E-state index >= 15 is 0 Å². The van der Waals surface area contributed by atoms with Gasteiger partial charge in [0.1, 0.15) is 0 Å². The summed E-state index contributed by atoms with van der Waals surface area (Å²) < 4.78 is 0. The predicted octanol–water partition coefficient (Wildman–Crippen LogP) is 6.72. The monoisotopic (exact) mass is 431 g/mol. The van der Waals surface area contributed by atoms with Gasteiger partial charge in [0.25, 0.3) is 5.91 Å². The highest BCUT2D eigenvalue weighted by atomic mass is 35.5. The predicted molar refractivity (Wildman–Crippen MR) is 123 cm³/mol. The van der Waals surface area contributed by atoms with Gasteiger partial charge in [-0.3, -0.25) is 14.8 Å². The Morgan fingerprint density at radius 1 is 1.00 bits per heavy atom. The highest BCUT2D eigenvalue weighted by Gasteiger charge is 2.19. The number of carbonyl (C=O) groups excluding carboxylic acids is 1. The number of anilines is 1. The molecule has 0 saturated carbocycles. The fourth-order valence-electron chi connectivity index (χ4n) is 3.65. The molecule has 0 atom stereocenters. The molecular formula is C24H15Cl2N3O. The van der Waals surface area contributed by atoms with Gasteiger partial charge in [0.15, 0.2) is 0 Å². The van der Waals surface area contributed by atoms with Gasteiger partial charge in [-0.2, -0.15) is 0 Å². The number of hydrogen-bond donors (Lipinski definition) is 1. The molecule has 3 aromatic carbocycles. The number of nitrogens with zero attached hydrogens (tertiary/aromatic N) is 2. The summed E-state index contributed by atoms with van der Waals surface area (Å²) in [4.78, 5) is 21.7. The Bertz CT molecular complexity index is 1340. The highest BCUT2D eigenvalue weighted by molar-refractivity contribution is 6.36. The maximum absolute atomic E-state index is 12.9. The summed E-state index contributed by atoms with van der Waals surface area (Å²) in [5, 5.41) is 5.98. The van der Waals surface area contributed by atoms with Crippen LogP contribution in [0.25, 0.3) is 22.0 Å². The lowest BCUT2D eigenvalue weighted by Gasteiger charge is -2.12. The Balaban J connectivity index is 1.51. The molecular weight excluding hydrogens is 417 g/mol. The van der Waals surface area contributed by atoms with Gasteiger partial charge in [-0.1, -0.05) is 47.5 Å². The summed E-state index contributed by atoms with van der Waals surface area (Å²) in [6.07, 6.45) is 4.18. The minimum atomic E-state index is -0.283. The Morgan fingerprint density at radius 2 is 1.87 bits per heavy atom. The van der Waals surface area contributed by atoms with Crippen molar-refractivity contribution in [1.82, 2.24) is 4.98 Å². The number of rotatable bonds is 3. The number of nitrogens with one attached hydrogen (secondary N) is 1. The molecule has 0 bridgehead atoms. The number of amides is 1. The van der Waals surface area contributed by atoms with E-state index in [2.05, 4.69) is 15.3 Å². The molecule has 1 aliphatic rings. The molecule has 1 amide bonds. The second-order valence-electron chi connectivity index (χ2n) is 6.97. The summed E-state index contributed by atoms with van der Waals surface area (Å²) in [6.45, 7) is 0. The molecule has 0 radical (unpaired) electrons. The molecule has 1 aromatic heterocycles. The number of aromatic nitrogens is 1. The molecule has 0 spiro atoms. The van der Waals surface area contributed by atoms with Crippen molar-refractivity contribution in [3.05, 3.63) is 88.0 Å². The van der Waals surface area contributed by atoms with Gasteiger partial charge in [-0.15, -0.1) is 0 Å². The van der Waals surface area contributed by atoms with Crippen molar-refractivity contribution in [2.24, 2.45) is 4.99 Å². The Labute approximate surface area is 183 Å². The number of benzene rings is 3. The zero-order valence-corrected chi connectivity index (χ0v) is 17.2. The maximum Gasteiger partial charge on any atom is 0.257 e. The average Bonchev–Trinajstić information content (AvgIpc) is 3.25. The van der Waals surface area contributed by atoms with E-state index in [1.807, 2.05) is 42.5 Å². The molecule has 4 aromatic rings. The minimum Gasteiger partial charge on any atom is -0.322 e. The first kappa shape index (κ1) is 18.8. The molecule has 2 heterocycles. The van der Waals surface area contributed by atoms with Crippen LogP contribution in [-0.4, -0.2) is 17.1 Å². The lowest BCUT2D eigenvalue weighted by molar-refractivity contribution is 0.102. The smallest absolute Gasteiger partial charge is 0.257 e. The van der Waals surface area contributed by atoms with Gasteiger partial charge < -0.3 is 5.32 Å². The fourth-order valence-corrected chi connectivity index (χ4v) is 4.18. The molecule has 1 aliphatic heterocycles. The van der Waals surface area contributed by atoms with Gasteiger partial charge in [0.05, 0.1) is 27.0 Å². The second kappa shape index (κ2) is 7.56. The molecule has 0 saturated heterocycles. The van der Waals surface area contributed by atoms with Gasteiger partial charge in [-0.25, -0.2) is 0 Å². The molecule has 0 aliphatic carbocycles. The molecule has 30 heavy (non-hydrogen) atoms. The van der Waals surface area contributed by atoms with Crippen molar-refractivity contribution >= 4 is 57.5 Å². The summed E-state index contributed by atoms with van der Waals surface area (Å²) in [7, 11) is 0. The highest BCUT2D eigenvalue weighted by Crippen LogP contribution is 2.35. The second-order valence-corrected chi connectivity index (χ2v) is 7.76. The zero-order valence-electron chi connectivity index (χ0n) is 15.7. The third kappa shape index (κ3) is 3.24. The summed E-state index contributed by atoms with van der Waals surface area (Å²) in [5.74, 6) is -0.283. The van der Waals surface area contributed by atoms with E-state index in [1.165, 1.54) is 0 Å². The van der Waals surface area contributed by atoms with Crippen molar-refractivity contribution in [3.8, 4) is 11.3 Å². The van der Waals surface area contributed by atoms with E-state index in [1.54, 1.807) is 30.6 Å². The van der Waals surface area contributed by atoms with Crippen LogP contribution in [0.5, 0.6) is 0 Å². The van der Waals surface area contributed by atoms with Gasteiger partial charge in [-0.05, 0) is 41.8 Å². The summed E-state index contributed by atoms with van der Waals surface area (Å²) in [5.41, 5.74) is 4.23. The first-order valence-corrected chi connectivity index (χ1v) is 10.2. The Hall–Kier alpha value is -3.21. The molecule has 0 fully saturated rings. The van der Waals surface area contributed by atoms with Crippen LogP contribution in [0.2, 0.25) is 10.0 Å². The number of halogens is 2. The Morgan fingerprint density at radius 3 is 2.77 bits per heavy atom. The molecule has 146 valence electrons. The zero-order chi connectivity index (χ0) is 20.7. The first-order chi connectivity index (χ1) is 14.6. The van der Waals surface area contributed by atoms with Gasteiger partial charge in [0.2, 0.25) is 0 Å². The van der Waals surface area contributed by atoms with Crippen LogP contribution in [0.4, 0.5) is 11.4 Å². The van der Waals surface area contributed by atoms with Crippen LogP contribution in [0, 0.1) is 0 Å². The number of fused-ring (bicyclic) bond motifs is 2. The van der Waals surface area contributed by atoms with Gasteiger partial charge >= 0.3 is 0 Å². The van der Waals surface area contributed by atoms with E-state index in [-0.39, 0.29) is 5.91 Å². The van der Waals surface area contributed by atoms with E-state index in [0.717, 1.165) is 33.3 Å². The van der Waals surface area contributed by atoms with E-state index in [4.69, 9.17) is 23.2 Å². The van der Waals surface area contributed by atoms with Crippen molar-refractivity contribution in [3.63, 3.8) is 0 Å². The van der Waals surface area contributed by atoms with Crippen molar-refractivity contribution < 1.29 is 4.79 Å². The summed E-state index contributed by atoms with van der Waals surface area (Å²) in [6, 6.07) is 18.8. The molecule has 1 N–H and O–H groups in total. The van der Waals surface area contributed by atoms with Gasteiger partial charge in [0, 0.05) is 41.0 Å². The molecule has 6 heteroatoms. The largest absolute Gasteiger partial charge is 0.322 e. The van der Waals surface area contributed by atoms with Crippen molar-refractivity contribution in [2.75, 3.05) is 5.32 Å². The van der Waals surface area contributed by atoms with Crippen LogP contribution < -0.4 is 5.32 Å². The van der Waals surface area contributed by atoms with E-state index in [9.17, 15) is 4.79 Å². The number of pyridine rings is 1. The quantitative estimate of drug-likeness (QED) is 0.391. The maximum atomic E-state index is 12.9. The lowest BCUT2D eigenvalue weighted by Crippen LogP contribution is -2.13. The minimum absolute atomic E-state index is 0.283. The molecule has 4 nitrogen and oxygen atoms in total. The fraction of sp³-hybridized carbons (Fsp3) is 0.0417. The van der Waals surface area contributed by atoms with Crippen molar-refractivity contribution in [1.29, 1.82) is 0 Å². The summed E-state index contributed by atoms with van der Waals surface area (Å²) >= 11 is 12.9. The van der Waals surface area contributed by atoms with Crippen LogP contribution in [-0.2, 0) is 6.42 Å². The normalized spacial score (nSPS) is 12.2. The SMILES string of the molecule is O=C(Nc1ccc(Cl)c(-c2nccc3ccccc23)c1)c1ccc2c(c1Cl)CC=N2. The topological polar surface area (TPSA) is 54.4 Å². The van der Waals surface area contributed by atoms with E-state index < -0.39 is 0 Å².